The fourth-order valence-electron chi connectivity index (χ4n) is 1.73. The van der Waals surface area contributed by atoms with Crippen molar-refractivity contribution in [3.05, 3.63) is 59.2 Å². The van der Waals surface area contributed by atoms with E-state index in [1.807, 2.05) is 54.7 Å². The highest BCUT2D eigenvalue weighted by Gasteiger charge is 1.99. The molecule has 3 aromatic rings. The van der Waals surface area contributed by atoms with Crippen LogP contribution in [0, 0.1) is 0 Å². The minimum atomic E-state index is 0.836. The van der Waals surface area contributed by atoms with E-state index < -0.39 is 0 Å². The Morgan fingerprint density at radius 3 is 2.47 bits per heavy atom. The van der Waals surface area contributed by atoms with Crippen molar-refractivity contribution < 1.29 is 4.74 Å². The number of hydrogen-bond acceptors (Lipinski definition) is 1. The average molecular weight is 288 g/mol. The molecule has 2 nitrogen and oxygen atoms in total. The topological polar surface area (TPSA) is 25.0 Å². The van der Waals surface area contributed by atoms with E-state index in [-0.39, 0.29) is 0 Å². The third-order valence-electron chi connectivity index (χ3n) is 2.57. The number of benzene rings is 2. The number of hydrogen-bond donors (Lipinski definition) is 1. The van der Waals surface area contributed by atoms with Gasteiger partial charge in [-0.25, -0.2) is 0 Å². The second kappa shape index (κ2) is 4.26. The number of rotatable bonds is 2. The van der Waals surface area contributed by atoms with Gasteiger partial charge in [0.25, 0.3) is 0 Å². The van der Waals surface area contributed by atoms with Crippen molar-refractivity contribution >= 4 is 26.8 Å². The summed E-state index contributed by atoms with van der Waals surface area (Å²) in [7, 11) is 0. The Balaban J connectivity index is 1.91. The van der Waals surface area contributed by atoms with Gasteiger partial charge in [-0.3, -0.25) is 0 Å². The molecule has 84 valence electrons. The molecule has 0 amide bonds. The molecular weight excluding hydrogens is 278 g/mol. The largest absolute Gasteiger partial charge is 0.457 e. The van der Waals surface area contributed by atoms with Crippen LogP contribution in [0.3, 0.4) is 0 Å². The molecule has 0 radical (unpaired) electrons. The van der Waals surface area contributed by atoms with Crippen LogP contribution in [-0.2, 0) is 0 Å². The van der Waals surface area contributed by atoms with Crippen molar-refractivity contribution in [2.75, 3.05) is 0 Å². The SMILES string of the molecule is Brc1ccc(Oc2ccc3[nH]ccc3c2)cc1. The molecule has 3 heteroatoms. The predicted molar refractivity (Wildman–Crippen MR) is 72.5 cm³/mol. The van der Waals surface area contributed by atoms with Crippen LogP contribution < -0.4 is 4.74 Å². The van der Waals surface area contributed by atoms with Gasteiger partial charge in [0.15, 0.2) is 0 Å². The van der Waals surface area contributed by atoms with Crippen LogP contribution >= 0.6 is 15.9 Å². The molecule has 17 heavy (non-hydrogen) atoms. The fourth-order valence-corrected chi connectivity index (χ4v) is 2.00. The second-order valence-corrected chi connectivity index (χ2v) is 4.70. The number of aromatic nitrogens is 1. The number of nitrogens with one attached hydrogen (secondary N) is 1. The van der Waals surface area contributed by atoms with Crippen molar-refractivity contribution in [2.24, 2.45) is 0 Å². The molecule has 0 unspecified atom stereocenters. The normalized spacial score (nSPS) is 10.6. The summed E-state index contributed by atoms with van der Waals surface area (Å²) < 4.78 is 6.82. The van der Waals surface area contributed by atoms with Gasteiger partial charge in [-0.2, -0.15) is 0 Å². The first-order valence-electron chi connectivity index (χ1n) is 5.32. The van der Waals surface area contributed by atoms with E-state index >= 15 is 0 Å². The smallest absolute Gasteiger partial charge is 0.128 e. The summed E-state index contributed by atoms with van der Waals surface area (Å²) in [6, 6.07) is 15.8. The molecular formula is C14H10BrNO. The van der Waals surface area contributed by atoms with Crippen LogP contribution in [0.1, 0.15) is 0 Å². The molecule has 0 spiro atoms. The number of aromatic amines is 1. The minimum Gasteiger partial charge on any atom is -0.457 e. The van der Waals surface area contributed by atoms with Gasteiger partial charge in [0.05, 0.1) is 0 Å². The first kappa shape index (κ1) is 10.4. The van der Waals surface area contributed by atoms with Gasteiger partial charge in [0, 0.05) is 21.6 Å². The van der Waals surface area contributed by atoms with E-state index in [2.05, 4.69) is 20.9 Å². The summed E-state index contributed by atoms with van der Waals surface area (Å²) in [5.74, 6) is 1.68. The van der Waals surface area contributed by atoms with E-state index in [0.29, 0.717) is 0 Å². The number of H-pyrrole nitrogens is 1. The molecule has 0 aliphatic rings. The van der Waals surface area contributed by atoms with Crippen molar-refractivity contribution in [1.82, 2.24) is 4.98 Å². The van der Waals surface area contributed by atoms with E-state index in [0.717, 1.165) is 26.9 Å². The Bertz CT molecular complexity index is 643. The highest BCUT2D eigenvalue weighted by molar-refractivity contribution is 9.10. The van der Waals surface area contributed by atoms with Gasteiger partial charge < -0.3 is 9.72 Å². The maximum absolute atomic E-state index is 5.78. The molecule has 0 bridgehead atoms. The van der Waals surface area contributed by atoms with Gasteiger partial charge in [0.2, 0.25) is 0 Å². The Morgan fingerprint density at radius 1 is 0.882 bits per heavy atom. The maximum Gasteiger partial charge on any atom is 0.128 e. The molecule has 2 aromatic carbocycles. The monoisotopic (exact) mass is 287 g/mol. The zero-order valence-corrected chi connectivity index (χ0v) is 10.6. The van der Waals surface area contributed by atoms with Crippen LogP contribution in [0.15, 0.2) is 59.2 Å². The van der Waals surface area contributed by atoms with Gasteiger partial charge in [-0.1, -0.05) is 15.9 Å². The number of ether oxygens (including phenoxy) is 1. The molecule has 0 aliphatic carbocycles. The average Bonchev–Trinajstić information content (AvgIpc) is 2.79. The predicted octanol–water partition coefficient (Wildman–Crippen LogP) is 4.72. The van der Waals surface area contributed by atoms with E-state index in [9.17, 15) is 0 Å². The standard InChI is InChI=1S/C14H10BrNO/c15-11-1-3-12(4-2-11)17-13-5-6-14-10(9-13)7-8-16-14/h1-9,16H. The molecule has 0 saturated heterocycles. The quantitative estimate of drug-likeness (QED) is 0.725. The molecule has 1 aromatic heterocycles. The zero-order chi connectivity index (χ0) is 11.7. The van der Waals surface area contributed by atoms with E-state index in [1.54, 1.807) is 0 Å². The first-order chi connectivity index (χ1) is 8.31. The number of halogens is 1. The lowest BCUT2D eigenvalue weighted by Gasteiger charge is -2.05. The molecule has 0 fully saturated rings. The van der Waals surface area contributed by atoms with Gasteiger partial charge >= 0.3 is 0 Å². The molecule has 3 rings (SSSR count). The van der Waals surface area contributed by atoms with Crippen LogP contribution in [-0.4, -0.2) is 4.98 Å². The van der Waals surface area contributed by atoms with E-state index in [1.165, 1.54) is 0 Å². The van der Waals surface area contributed by atoms with E-state index in [4.69, 9.17) is 4.74 Å². The first-order valence-corrected chi connectivity index (χ1v) is 6.11. The zero-order valence-electron chi connectivity index (χ0n) is 8.98. The molecule has 0 saturated carbocycles. The van der Waals surface area contributed by atoms with Crippen LogP contribution in [0.25, 0.3) is 10.9 Å². The highest BCUT2D eigenvalue weighted by atomic mass is 79.9. The summed E-state index contributed by atoms with van der Waals surface area (Å²) in [5.41, 5.74) is 1.12. The van der Waals surface area contributed by atoms with Crippen molar-refractivity contribution in [3.63, 3.8) is 0 Å². The van der Waals surface area contributed by atoms with Gasteiger partial charge in [-0.15, -0.1) is 0 Å². The summed E-state index contributed by atoms with van der Waals surface area (Å²) in [4.78, 5) is 3.16. The minimum absolute atomic E-state index is 0.836. The Hall–Kier alpha value is -1.74. The third kappa shape index (κ3) is 2.19. The highest BCUT2D eigenvalue weighted by Crippen LogP contribution is 2.26. The molecule has 1 heterocycles. The van der Waals surface area contributed by atoms with Gasteiger partial charge in [0.1, 0.15) is 11.5 Å². The summed E-state index contributed by atoms with van der Waals surface area (Å²) in [6.07, 6.45) is 1.92. The van der Waals surface area contributed by atoms with Crippen molar-refractivity contribution in [1.29, 1.82) is 0 Å². The summed E-state index contributed by atoms with van der Waals surface area (Å²) >= 11 is 3.40. The van der Waals surface area contributed by atoms with Crippen molar-refractivity contribution in [3.8, 4) is 11.5 Å². The van der Waals surface area contributed by atoms with Crippen LogP contribution in [0.2, 0.25) is 0 Å². The Kier molecular flexibility index (Phi) is 2.61. The second-order valence-electron chi connectivity index (χ2n) is 3.78. The Morgan fingerprint density at radius 2 is 1.65 bits per heavy atom. The molecule has 0 atom stereocenters. The van der Waals surface area contributed by atoms with Gasteiger partial charge in [-0.05, 0) is 48.5 Å². The Labute approximate surface area is 107 Å². The fraction of sp³-hybridized carbons (Fsp3) is 0. The van der Waals surface area contributed by atoms with Crippen LogP contribution in [0.5, 0.6) is 11.5 Å². The lowest BCUT2D eigenvalue weighted by molar-refractivity contribution is 0.483. The molecule has 0 aliphatic heterocycles. The lowest BCUT2D eigenvalue weighted by atomic mass is 10.2. The third-order valence-corrected chi connectivity index (χ3v) is 3.10. The summed E-state index contributed by atoms with van der Waals surface area (Å²) in [6.45, 7) is 0. The molecule has 1 N–H and O–H groups in total. The van der Waals surface area contributed by atoms with Crippen LogP contribution in [0.4, 0.5) is 0 Å². The summed E-state index contributed by atoms with van der Waals surface area (Å²) in [5, 5.41) is 1.15. The number of fused-ring (bicyclic) bond motifs is 1. The van der Waals surface area contributed by atoms with Crippen molar-refractivity contribution in [2.45, 2.75) is 0 Å². The lowest BCUT2D eigenvalue weighted by Crippen LogP contribution is -1.83. The maximum atomic E-state index is 5.78.